The number of nitriles is 1. The lowest BCUT2D eigenvalue weighted by atomic mass is 10.1. The number of hydrogen-bond acceptors (Lipinski definition) is 2. The second-order valence-electron chi connectivity index (χ2n) is 4.07. The lowest BCUT2D eigenvalue weighted by Gasteiger charge is -2.30. The molecular formula is C14H16N2. The summed E-state index contributed by atoms with van der Waals surface area (Å²) in [5, 5.41) is 8.88. The van der Waals surface area contributed by atoms with E-state index in [2.05, 4.69) is 23.1 Å². The molecule has 2 nitrogen and oxygen atoms in total. The summed E-state index contributed by atoms with van der Waals surface area (Å²) in [7, 11) is 0. The molecule has 0 unspecified atom stereocenters. The van der Waals surface area contributed by atoms with E-state index in [1.54, 1.807) is 6.08 Å². The van der Waals surface area contributed by atoms with E-state index in [4.69, 9.17) is 5.26 Å². The maximum absolute atomic E-state index is 8.88. The summed E-state index contributed by atoms with van der Waals surface area (Å²) in [6.07, 6.45) is 5.44. The molecule has 1 aliphatic heterocycles. The molecule has 1 aromatic carbocycles. The van der Waals surface area contributed by atoms with Crippen molar-refractivity contribution in [2.45, 2.75) is 19.3 Å². The van der Waals surface area contributed by atoms with E-state index in [-0.39, 0.29) is 0 Å². The van der Waals surface area contributed by atoms with Crippen molar-refractivity contribution < 1.29 is 0 Å². The fourth-order valence-electron chi connectivity index (χ4n) is 2.16. The van der Waals surface area contributed by atoms with Crippen LogP contribution in [-0.4, -0.2) is 18.0 Å². The number of benzene rings is 1. The normalized spacial score (nSPS) is 16.9. The van der Waals surface area contributed by atoms with Crippen LogP contribution in [0.5, 0.6) is 0 Å². The van der Waals surface area contributed by atoms with Gasteiger partial charge in [-0.2, -0.15) is 5.26 Å². The van der Waals surface area contributed by atoms with Crippen LogP contribution in [0.15, 0.2) is 36.4 Å². The molecule has 82 valence electrons. The highest BCUT2D eigenvalue weighted by Crippen LogP contribution is 2.22. The molecule has 0 bridgehead atoms. The molecule has 0 aromatic heterocycles. The highest BCUT2D eigenvalue weighted by molar-refractivity contribution is 5.66. The molecule has 16 heavy (non-hydrogen) atoms. The minimum atomic E-state index is 1.07. The van der Waals surface area contributed by atoms with Crippen molar-refractivity contribution in [2.75, 3.05) is 13.1 Å². The van der Waals surface area contributed by atoms with Crippen molar-refractivity contribution in [3.63, 3.8) is 0 Å². The number of hydrogen-bond donors (Lipinski definition) is 0. The number of nitrogens with zero attached hydrogens (tertiary/aromatic N) is 2. The summed E-state index contributed by atoms with van der Waals surface area (Å²) in [6.45, 7) is 2.14. The molecule has 1 saturated heterocycles. The van der Waals surface area contributed by atoms with Crippen molar-refractivity contribution in [1.82, 2.24) is 4.90 Å². The van der Waals surface area contributed by atoms with Crippen LogP contribution in [0.25, 0.3) is 5.70 Å². The minimum Gasteiger partial charge on any atom is -0.370 e. The minimum absolute atomic E-state index is 1.07. The van der Waals surface area contributed by atoms with Gasteiger partial charge in [0, 0.05) is 19.2 Å². The Balaban J connectivity index is 2.24. The second-order valence-corrected chi connectivity index (χ2v) is 4.07. The van der Waals surface area contributed by atoms with Crippen LogP contribution in [0.2, 0.25) is 0 Å². The first-order valence-electron chi connectivity index (χ1n) is 5.82. The maximum atomic E-state index is 8.88. The average Bonchev–Trinajstić information content (AvgIpc) is 2.38. The molecule has 0 amide bonds. The number of allylic oxidation sites excluding steroid dienone is 1. The van der Waals surface area contributed by atoms with Gasteiger partial charge in [-0.05, 0) is 24.8 Å². The van der Waals surface area contributed by atoms with Gasteiger partial charge in [0.05, 0.1) is 11.8 Å². The zero-order valence-corrected chi connectivity index (χ0v) is 9.39. The van der Waals surface area contributed by atoms with Gasteiger partial charge in [0.1, 0.15) is 0 Å². The van der Waals surface area contributed by atoms with E-state index in [1.165, 1.54) is 19.3 Å². The second kappa shape index (κ2) is 5.37. The summed E-state index contributed by atoms with van der Waals surface area (Å²) in [5.74, 6) is 0. The molecule has 0 radical (unpaired) electrons. The third-order valence-corrected chi connectivity index (χ3v) is 2.97. The van der Waals surface area contributed by atoms with E-state index in [1.807, 2.05) is 18.2 Å². The molecule has 1 aromatic rings. The van der Waals surface area contributed by atoms with Gasteiger partial charge >= 0.3 is 0 Å². The number of likely N-dealkylation sites (tertiary alicyclic amines) is 1. The van der Waals surface area contributed by atoms with Crippen molar-refractivity contribution in [3.05, 3.63) is 42.0 Å². The first kappa shape index (κ1) is 10.8. The standard InChI is InChI=1S/C14H16N2/c15-10-9-14(13-7-3-1-4-8-13)16-11-5-2-6-12-16/h1,3-4,7-9H,2,5-6,11-12H2/b14-9+. The third-order valence-electron chi connectivity index (χ3n) is 2.97. The summed E-state index contributed by atoms with van der Waals surface area (Å²) < 4.78 is 0. The molecule has 0 saturated carbocycles. The van der Waals surface area contributed by atoms with Gasteiger partial charge in [0.25, 0.3) is 0 Å². The molecule has 1 aliphatic rings. The van der Waals surface area contributed by atoms with E-state index in [0.29, 0.717) is 0 Å². The molecule has 0 N–H and O–H groups in total. The van der Waals surface area contributed by atoms with Gasteiger partial charge in [-0.25, -0.2) is 0 Å². The van der Waals surface area contributed by atoms with Gasteiger partial charge in [-0.3, -0.25) is 0 Å². The zero-order chi connectivity index (χ0) is 11.2. The Morgan fingerprint density at radius 3 is 2.44 bits per heavy atom. The number of rotatable bonds is 2. The van der Waals surface area contributed by atoms with Crippen molar-refractivity contribution in [3.8, 4) is 6.07 Å². The quantitative estimate of drug-likeness (QED) is 0.704. The monoisotopic (exact) mass is 212 g/mol. The van der Waals surface area contributed by atoms with Gasteiger partial charge in [0.2, 0.25) is 0 Å². The predicted molar refractivity (Wildman–Crippen MR) is 65.5 cm³/mol. The summed E-state index contributed by atoms with van der Waals surface area (Å²) in [6, 6.07) is 12.3. The van der Waals surface area contributed by atoms with E-state index < -0.39 is 0 Å². The van der Waals surface area contributed by atoms with Gasteiger partial charge in [-0.15, -0.1) is 0 Å². The molecule has 1 fully saturated rings. The number of piperidine rings is 1. The Kier molecular flexibility index (Phi) is 3.61. The van der Waals surface area contributed by atoms with E-state index in [0.717, 1.165) is 24.4 Å². The van der Waals surface area contributed by atoms with Gasteiger partial charge in [0.15, 0.2) is 0 Å². The molecular weight excluding hydrogens is 196 g/mol. The molecule has 0 spiro atoms. The highest BCUT2D eigenvalue weighted by atomic mass is 15.1. The van der Waals surface area contributed by atoms with Crippen LogP contribution in [0, 0.1) is 11.3 Å². The highest BCUT2D eigenvalue weighted by Gasteiger charge is 2.14. The molecule has 1 heterocycles. The Hall–Kier alpha value is -1.75. The summed E-state index contributed by atoms with van der Waals surface area (Å²) in [5.41, 5.74) is 2.22. The fraction of sp³-hybridized carbons (Fsp3) is 0.357. The Labute approximate surface area is 96.8 Å². The van der Waals surface area contributed by atoms with E-state index >= 15 is 0 Å². The van der Waals surface area contributed by atoms with E-state index in [9.17, 15) is 0 Å². The Morgan fingerprint density at radius 2 is 1.81 bits per heavy atom. The fourth-order valence-corrected chi connectivity index (χ4v) is 2.16. The smallest absolute Gasteiger partial charge is 0.0934 e. The third kappa shape index (κ3) is 2.43. The van der Waals surface area contributed by atoms with Crippen molar-refractivity contribution >= 4 is 5.70 Å². The van der Waals surface area contributed by atoms with Crippen LogP contribution in [-0.2, 0) is 0 Å². The summed E-state index contributed by atoms with van der Waals surface area (Å²) in [4.78, 5) is 2.32. The molecule has 2 heteroatoms. The largest absolute Gasteiger partial charge is 0.370 e. The predicted octanol–water partition coefficient (Wildman–Crippen LogP) is 3.04. The molecule has 2 rings (SSSR count). The van der Waals surface area contributed by atoms with Crippen LogP contribution >= 0.6 is 0 Å². The lowest BCUT2D eigenvalue weighted by Crippen LogP contribution is -2.28. The Bertz CT molecular complexity index is 394. The topological polar surface area (TPSA) is 27.0 Å². The Morgan fingerprint density at radius 1 is 1.12 bits per heavy atom. The zero-order valence-electron chi connectivity index (χ0n) is 9.39. The van der Waals surface area contributed by atoms with Crippen LogP contribution in [0.3, 0.4) is 0 Å². The lowest BCUT2D eigenvalue weighted by molar-refractivity contribution is 0.326. The summed E-state index contributed by atoms with van der Waals surface area (Å²) >= 11 is 0. The van der Waals surface area contributed by atoms with Crippen LogP contribution in [0.1, 0.15) is 24.8 Å². The first-order chi connectivity index (χ1) is 7.92. The van der Waals surface area contributed by atoms with Crippen LogP contribution < -0.4 is 0 Å². The van der Waals surface area contributed by atoms with Crippen LogP contribution in [0.4, 0.5) is 0 Å². The van der Waals surface area contributed by atoms with Gasteiger partial charge < -0.3 is 4.90 Å². The molecule has 0 atom stereocenters. The first-order valence-corrected chi connectivity index (χ1v) is 5.82. The average molecular weight is 212 g/mol. The van der Waals surface area contributed by atoms with Crippen molar-refractivity contribution in [1.29, 1.82) is 5.26 Å². The molecule has 0 aliphatic carbocycles. The van der Waals surface area contributed by atoms with Gasteiger partial charge in [-0.1, -0.05) is 30.3 Å². The van der Waals surface area contributed by atoms with Crippen molar-refractivity contribution in [2.24, 2.45) is 0 Å². The maximum Gasteiger partial charge on any atom is 0.0934 e. The SMILES string of the molecule is N#C/C=C(\c1ccccc1)N1CCCCC1.